The summed E-state index contributed by atoms with van der Waals surface area (Å²) >= 11 is 0. The first kappa shape index (κ1) is 16.1. The Bertz CT molecular complexity index is 722. The Balaban J connectivity index is 1.30. The van der Waals surface area contributed by atoms with E-state index < -0.39 is 0 Å². The quantitative estimate of drug-likeness (QED) is 0.889. The molecule has 1 aliphatic carbocycles. The SMILES string of the molecule is C[C@@H](c1nc(C2CC2)no1)N1CCC(C(=O)Nc2ncccn2)CC1. The van der Waals surface area contributed by atoms with E-state index in [1.807, 2.05) is 0 Å². The Hall–Kier alpha value is -2.35. The fraction of sp³-hybridized carbons (Fsp3) is 0.588. The highest BCUT2D eigenvalue weighted by molar-refractivity contribution is 5.90. The van der Waals surface area contributed by atoms with Crippen LogP contribution in [0.3, 0.4) is 0 Å². The van der Waals surface area contributed by atoms with Crippen molar-refractivity contribution in [1.29, 1.82) is 0 Å². The van der Waals surface area contributed by atoms with Crippen molar-refractivity contribution in [3.8, 4) is 0 Å². The van der Waals surface area contributed by atoms with Gasteiger partial charge in [-0.15, -0.1) is 0 Å². The topological polar surface area (TPSA) is 97.0 Å². The highest BCUT2D eigenvalue weighted by Gasteiger charge is 2.32. The molecule has 8 nitrogen and oxygen atoms in total. The van der Waals surface area contributed by atoms with E-state index in [2.05, 4.69) is 37.2 Å². The van der Waals surface area contributed by atoms with Crippen LogP contribution in [-0.2, 0) is 4.79 Å². The lowest BCUT2D eigenvalue weighted by molar-refractivity contribution is -0.121. The first-order valence-electron chi connectivity index (χ1n) is 8.86. The van der Waals surface area contributed by atoms with Crippen LogP contribution in [0.2, 0.25) is 0 Å². The third-order valence-electron chi connectivity index (χ3n) is 5.01. The predicted octanol–water partition coefficient (Wildman–Crippen LogP) is 2.15. The number of carbonyl (C=O) groups excluding carboxylic acids is 1. The molecule has 4 rings (SSSR count). The molecule has 1 saturated heterocycles. The van der Waals surface area contributed by atoms with Crippen LogP contribution in [0, 0.1) is 5.92 Å². The molecule has 2 aromatic rings. The molecular weight excluding hydrogens is 320 g/mol. The molecule has 2 aliphatic rings. The van der Waals surface area contributed by atoms with Gasteiger partial charge in [-0.2, -0.15) is 4.98 Å². The largest absolute Gasteiger partial charge is 0.338 e. The summed E-state index contributed by atoms with van der Waals surface area (Å²) in [6, 6.07) is 1.81. The number of amides is 1. The molecule has 0 unspecified atom stereocenters. The van der Waals surface area contributed by atoms with Gasteiger partial charge in [-0.3, -0.25) is 15.0 Å². The van der Waals surface area contributed by atoms with E-state index in [0.717, 1.165) is 31.8 Å². The lowest BCUT2D eigenvalue weighted by atomic mass is 9.95. The van der Waals surface area contributed by atoms with Crippen molar-refractivity contribution in [3.63, 3.8) is 0 Å². The van der Waals surface area contributed by atoms with Crippen LogP contribution in [0.5, 0.6) is 0 Å². The zero-order chi connectivity index (χ0) is 17.2. The molecule has 8 heteroatoms. The fourth-order valence-electron chi connectivity index (χ4n) is 3.21. The van der Waals surface area contributed by atoms with Crippen LogP contribution in [0.15, 0.2) is 23.0 Å². The van der Waals surface area contributed by atoms with Crippen molar-refractivity contribution < 1.29 is 9.32 Å². The maximum absolute atomic E-state index is 12.3. The molecule has 0 radical (unpaired) electrons. The lowest BCUT2D eigenvalue weighted by Gasteiger charge is -2.33. The Morgan fingerprint density at radius 3 is 2.64 bits per heavy atom. The molecule has 2 aromatic heterocycles. The second kappa shape index (κ2) is 6.87. The van der Waals surface area contributed by atoms with E-state index in [4.69, 9.17) is 4.52 Å². The van der Waals surface area contributed by atoms with Gasteiger partial charge in [0.1, 0.15) is 0 Å². The van der Waals surface area contributed by atoms with E-state index in [1.54, 1.807) is 18.5 Å². The van der Waals surface area contributed by atoms with Crippen molar-refractivity contribution >= 4 is 11.9 Å². The molecule has 132 valence electrons. The second-order valence-corrected chi connectivity index (χ2v) is 6.81. The van der Waals surface area contributed by atoms with Gasteiger partial charge in [0.2, 0.25) is 17.7 Å². The Morgan fingerprint density at radius 1 is 1.24 bits per heavy atom. The van der Waals surface area contributed by atoms with Gasteiger partial charge in [0.25, 0.3) is 0 Å². The molecule has 25 heavy (non-hydrogen) atoms. The van der Waals surface area contributed by atoms with Gasteiger partial charge in [-0.25, -0.2) is 9.97 Å². The van der Waals surface area contributed by atoms with Crippen molar-refractivity contribution in [1.82, 2.24) is 25.0 Å². The van der Waals surface area contributed by atoms with Crippen LogP contribution in [0.4, 0.5) is 5.95 Å². The highest BCUT2D eigenvalue weighted by atomic mass is 16.5. The Labute approximate surface area is 146 Å². The zero-order valence-electron chi connectivity index (χ0n) is 14.3. The smallest absolute Gasteiger partial charge is 0.243 e. The number of rotatable bonds is 5. The number of nitrogens with one attached hydrogen (secondary N) is 1. The van der Waals surface area contributed by atoms with Crippen LogP contribution < -0.4 is 5.32 Å². The normalized spacial score (nSPS) is 20.4. The average molecular weight is 342 g/mol. The highest BCUT2D eigenvalue weighted by Crippen LogP contribution is 2.38. The second-order valence-electron chi connectivity index (χ2n) is 6.81. The first-order chi connectivity index (χ1) is 12.2. The molecule has 1 N–H and O–H groups in total. The summed E-state index contributed by atoms with van der Waals surface area (Å²) in [7, 11) is 0. The van der Waals surface area contributed by atoms with Crippen molar-refractivity contribution in [2.24, 2.45) is 5.92 Å². The number of anilines is 1. The minimum absolute atomic E-state index is 0.00712. The third kappa shape index (κ3) is 3.68. The Morgan fingerprint density at radius 2 is 1.96 bits per heavy atom. The minimum atomic E-state index is -0.0167. The number of hydrogen-bond donors (Lipinski definition) is 1. The van der Waals surface area contributed by atoms with Crippen LogP contribution in [0.25, 0.3) is 0 Å². The van der Waals surface area contributed by atoms with Gasteiger partial charge >= 0.3 is 0 Å². The molecule has 3 heterocycles. The minimum Gasteiger partial charge on any atom is -0.338 e. The van der Waals surface area contributed by atoms with Gasteiger partial charge in [0.15, 0.2) is 5.82 Å². The van der Waals surface area contributed by atoms with E-state index in [-0.39, 0.29) is 17.9 Å². The van der Waals surface area contributed by atoms with Crippen molar-refractivity contribution in [2.75, 3.05) is 18.4 Å². The van der Waals surface area contributed by atoms with E-state index in [9.17, 15) is 4.79 Å². The standard InChI is InChI=1S/C17H22N6O2/c1-11(16-20-14(22-25-16)12-3-4-12)23-9-5-13(6-10-23)15(24)21-17-18-7-2-8-19-17/h2,7-8,11-13H,3-6,9-10H2,1H3,(H,18,19,21,24)/t11-/m0/s1. The zero-order valence-corrected chi connectivity index (χ0v) is 14.3. The Kier molecular flexibility index (Phi) is 4.44. The summed E-state index contributed by atoms with van der Waals surface area (Å²) in [6.45, 7) is 3.74. The summed E-state index contributed by atoms with van der Waals surface area (Å²) in [5, 5.41) is 6.88. The maximum atomic E-state index is 12.3. The lowest BCUT2D eigenvalue weighted by Crippen LogP contribution is -2.39. The van der Waals surface area contributed by atoms with Gasteiger partial charge < -0.3 is 4.52 Å². The number of likely N-dealkylation sites (tertiary alicyclic amines) is 1. The maximum Gasteiger partial charge on any atom is 0.243 e. The van der Waals surface area contributed by atoms with Crippen LogP contribution in [0.1, 0.15) is 56.3 Å². The van der Waals surface area contributed by atoms with Gasteiger partial charge in [-0.05, 0) is 51.8 Å². The molecule has 1 aliphatic heterocycles. The molecule has 1 amide bonds. The molecule has 0 aromatic carbocycles. The van der Waals surface area contributed by atoms with Gasteiger partial charge in [-0.1, -0.05) is 5.16 Å². The summed E-state index contributed by atoms with van der Waals surface area (Å²) in [5.41, 5.74) is 0. The molecule has 1 saturated carbocycles. The summed E-state index contributed by atoms with van der Waals surface area (Å²) in [4.78, 5) is 27.3. The predicted molar refractivity (Wildman–Crippen MR) is 89.6 cm³/mol. The van der Waals surface area contributed by atoms with Gasteiger partial charge in [0.05, 0.1) is 6.04 Å². The van der Waals surface area contributed by atoms with Crippen LogP contribution >= 0.6 is 0 Å². The molecule has 0 bridgehead atoms. The number of aromatic nitrogens is 4. The summed E-state index contributed by atoms with van der Waals surface area (Å²) in [6.07, 6.45) is 7.16. The summed E-state index contributed by atoms with van der Waals surface area (Å²) in [5.74, 6) is 2.37. The van der Waals surface area contributed by atoms with E-state index in [0.29, 0.717) is 17.8 Å². The van der Waals surface area contributed by atoms with Crippen molar-refractivity contribution in [2.45, 2.75) is 44.6 Å². The fourth-order valence-corrected chi connectivity index (χ4v) is 3.21. The number of carbonyl (C=O) groups is 1. The number of hydrogen-bond acceptors (Lipinski definition) is 7. The average Bonchev–Trinajstić information content (AvgIpc) is 3.39. The molecule has 0 spiro atoms. The number of piperidine rings is 1. The first-order valence-corrected chi connectivity index (χ1v) is 8.86. The van der Waals surface area contributed by atoms with Crippen molar-refractivity contribution in [3.05, 3.63) is 30.2 Å². The molecule has 2 fully saturated rings. The molecule has 1 atom stereocenters. The number of nitrogens with zero attached hydrogens (tertiary/aromatic N) is 5. The van der Waals surface area contributed by atoms with E-state index >= 15 is 0 Å². The van der Waals surface area contributed by atoms with Crippen LogP contribution in [-0.4, -0.2) is 44.0 Å². The molecular formula is C17H22N6O2. The summed E-state index contributed by atoms with van der Waals surface area (Å²) < 4.78 is 5.44. The van der Waals surface area contributed by atoms with Gasteiger partial charge in [0, 0.05) is 24.2 Å². The third-order valence-corrected chi connectivity index (χ3v) is 5.01. The van der Waals surface area contributed by atoms with E-state index in [1.165, 1.54) is 12.8 Å². The monoisotopic (exact) mass is 342 g/mol.